The third-order valence-electron chi connectivity index (χ3n) is 2.57. The number of hydrogen-bond donors (Lipinski definition) is 2. The third-order valence-corrected chi connectivity index (χ3v) is 2.57. The van der Waals surface area contributed by atoms with Crippen molar-refractivity contribution in [1.29, 1.82) is 0 Å². The van der Waals surface area contributed by atoms with Gasteiger partial charge < -0.3 is 25.1 Å². The molecule has 0 radical (unpaired) electrons. The molecule has 1 rings (SSSR count). The molecule has 0 spiro atoms. The number of benzene rings is 1. The van der Waals surface area contributed by atoms with Gasteiger partial charge in [-0.15, -0.1) is 0 Å². The van der Waals surface area contributed by atoms with Crippen LogP contribution in [0.25, 0.3) is 0 Å². The van der Waals surface area contributed by atoms with E-state index in [2.05, 4.69) is 0 Å². The molecule has 0 amide bonds. The van der Waals surface area contributed by atoms with Crippen molar-refractivity contribution in [2.24, 2.45) is 5.73 Å². The topological polar surface area (TPSA) is 91.0 Å². The van der Waals surface area contributed by atoms with E-state index in [1.807, 2.05) is 0 Å². The van der Waals surface area contributed by atoms with Crippen LogP contribution in [0.15, 0.2) is 18.2 Å². The smallest absolute Gasteiger partial charge is 0.320 e. The Labute approximate surface area is 112 Å². The highest BCUT2D eigenvalue weighted by Crippen LogP contribution is 2.31. The molecule has 0 bridgehead atoms. The summed E-state index contributed by atoms with van der Waals surface area (Å²) in [7, 11) is 3.10. The van der Waals surface area contributed by atoms with E-state index >= 15 is 0 Å². The Kier molecular flexibility index (Phi) is 6.11. The number of methoxy groups -OCH3 is 2. The maximum Gasteiger partial charge on any atom is 0.320 e. The van der Waals surface area contributed by atoms with Crippen molar-refractivity contribution < 1.29 is 24.1 Å². The van der Waals surface area contributed by atoms with E-state index in [0.717, 1.165) is 0 Å². The molecule has 1 unspecified atom stereocenters. The highest BCUT2D eigenvalue weighted by molar-refractivity contribution is 5.73. The quantitative estimate of drug-likeness (QED) is 0.674. The zero-order valence-electron chi connectivity index (χ0n) is 11.1. The van der Waals surface area contributed by atoms with E-state index < -0.39 is 12.0 Å². The van der Waals surface area contributed by atoms with Crippen molar-refractivity contribution >= 4 is 5.97 Å². The molecule has 0 aliphatic carbocycles. The third kappa shape index (κ3) is 4.42. The Balaban J connectivity index is 2.91. The van der Waals surface area contributed by atoms with Crippen LogP contribution in [0.4, 0.5) is 0 Å². The summed E-state index contributed by atoms with van der Waals surface area (Å²) in [5.74, 6) is 0.00982. The van der Waals surface area contributed by atoms with E-state index in [0.29, 0.717) is 30.3 Å². The van der Waals surface area contributed by atoms with Gasteiger partial charge in [-0.05, 0) is 6.07 Å². The Morgan fingerprint density at radius 2 is 2.11 bits per heavy atom. The van der Waals surface area contributed by atoms with E-state index in [1.165, 1.54) is 7.11 Å². The lowest BCUT2D eigenvalue weighted by Crippen LogP contribution is -2.32. The molecule has 106 valence electrons. The van der Waals surface area contributed by atoms with Crippen LogP contribution >= 0.6 is 0 Å². The molecule has 0 aromatic heterocycles. The van der Waals surface area contributed by atoms with E-state index in [-0.39, 0.29) is 6.42 Å². The van der Waals surface area contributed by atoms with Gasteiger partial charge in [0, 0.05) is 19.1 Å². The zero-order chi connectivity index (χ0) is 14.3. The lowest BCUT2D eigenvalue weighted by molar-refractivity contribution is -0.138. The molecule has 0 saturated heterocycles. The highest BCUT2D eigenvalue weighted by Gasteiger charge is 2.17. The molecule has 0 fully saturated rings. The van der Waals surface area contributed by atoms with Gasteiger partial charge >= 0.3 is 5.97 Å². The number of carboxylic acid groups (broad SMARTS) is 1. The van der Waals surface area contributed by atoms with Crippen molar-refractivity contribution in [3.63, 3.8) is 0 Å². The van der Waals surface area contributed by atoms with Crippen LogP contribution in [0.3, 0.4) is 0 Å². The van der Waals surface area contributed by atoms with Crippen molar-refractivity contribution in [2.75, 3.05) is 27.4 Å². The van der Waals surface area contributed by atoms with Gasteiger partial charge in [0.25, 0.3) is 0 Å². The highest BCUT2D eigenvalue weighted by atomic mass is 16.5. The van der Waals surface area contributed by atoms with Crippen molar-refractivity contribution in [3.8, 4) is 11.5 Å². The SMILES string of the molecule is COCCOc1c(CC(N)C(=O)O)cccc1OC. The first-order chi connectivity index (χ1) is 9.10. The number of carbonyl (C=O) groups is 1. The van der Waals surface area contributed by atoms with Crippen LogP contribution in [0.5, 0.6) is 11.5 Å². The molecule has 3 N–H and O–H groups in total. The number of nitrogens with two attached hydrogens (primary N) is 1. The zero-order valence-corrected chi connectivity index (χ0v) is 11.1. The summed E-state index contributed by atoms with van der Waals surface area (Å²) in [6.07, 6.45) is 0.175. The predicted molar refractivity (Wildman–Crippen MR) is 69.7 cm³/mol. The molecular weight excluding hydrogens is 250 g/mol. The molecule has 6 nitrogen and oxygen atoms in total. The second kappa shape index (κ2) is 7.60. The normalized spacial score (nSPS) is 11.9. The number of aliphatic carboxylic acids is 1. The van der Waals surface area contributed by atoms with Crippen LogP contribution in [-0.2, 0) is 16.0 Å². The lowest BCUT2D eigenvalue weighted by atomic mass is 10.1. The van der Waals surface area contributed by atoms with Gasteiger partial charge in [-0.25, -0.2) is 0 Å². The van der Waals surface area contributed by atoms with Gasteiger partial charge in [-0.2, -0.15) is 0 Å². The Bertz CT molecular complexity index is 421. The minimum absolute atomic E-state index is 0.175. The molecule has 0 aliphatic heterocycles. The number of rotatable bonds is 8. The van der Waals surface area contributed by atoms with Gasteiger partial charge in [-0.1, -0.05) is 12.1 Å². The Morgan fingerprint density at radius 3 is 2.68 bits per heavy atom. The fraction of sp³-hybridized carbons (Fsp3) is 0.462. The minimum atomic E-state index is -1.05. The average molecular weight is 269 g/mol. The summed E-state index contributed by atoms with van der Waals surface area (Å²) >= 11 is 0. The van der Waals surface area contributed by atoms with Crippen LogP contribution in [0.1, 0.15) is 5.56 Å². The van der Waals surface area contributed by atoms with E-state index in [4.69, 9.17) is 25.1 Å². The standard InChI is InChI=1S/C13H19NO5/c1-17-6-7-19-12-9(8-10(14)13(15)16)4-3-5-11(12)18-2/h3-5,10H,6-8,14H2,1-2H3,(H,15,16). The molecule has 1 aromatic carbocycles. The molecular formula is C13H19NO5. The first-order valence-corrected chi connectivity index (χ1v) is 5.86. The summed E-state index contributed by atoms with van der Waals surface area (Å²) in [5, 5.41) is 8.86. The molecule has 1 aromatic rings. The first kappa shape index (κ1) is 15.3. The van der Waals surface area contributed by atoms with Crippen LogP contribution in [0, 0.1) is 0 Å². The number of para-hydroxylation sites is 1. The summed E-state index contributed by atoms with van der Waals surface area (Å²) in [6.45, 7) is 0.786. The van der Waals surface area contributed by atoms with Crippen LogP contribution in [0.2, 0.25) is 0 Å². The van der Waals surface area contributed by atoms with Gasteiger partial charge in [0.1, 0.15) is 12.6 Å². The maximum absolute atomic E-state index is 10.8. The molecule has 19 heavy (non-hydrogen) atoms. The first-order valence-electron chi connectivity index (χ1n) is 5.86. The molecule has 1 atom stereocenters. The predicted octanol–water partition coefficient (Wildman–Crippen LogP) is 0.675. The summed E-state index contributed by atoms with van der Waals surface area (Å²) in [5.41, 5.74) is 6.24. The van der Waals surface area contributed by atoms with Gasteiger partial charge in [0.2, 0.25) is 0 Å². The number of hydrogen-bond acceptors (Lipinski definition) is 5. The Hall–Kier alpha value is -1.79. The second-order valence-electron chi connectivity index (χ2n) is 3.94. The van der Waals surface area contributed by atoms with Gasteiger partial charge in [-0.3, -0.25) is 4.79 Å². The van der Waals surface area contributed by atoms with E-state index in [9.17, 15) is 4.79 Å². The fourth-order valence-corrected chi connectivity index (χ4v) is 1.60. The number of carboxylic acids is 1. The Morgan fingerprint density at radius 1 is 1.37 bits per heavy atom. The fourth-order valence-electron chi connectivity index (χ4n) is 1.60. The summed E-state index contributed by atoms with van der Waals surface area (Å²) in [6, 6.07) is 4.31. The van der Waals surface area contributed by atoms with E-state index in [1.54, 1.807) is 25.3 Å². The molecule has 6 heteroatoms. The molecule has 0 saturated carbocycles. The van der Waals surface area contributed by atoms with Crippen molar-refractivity contribution in [1.82, 2.24) is 0 Å². The van der Waals surface area contributed by atoms with Crippen LogP contribution < -0.4 is 15.2 Å². The molecule has 0 heterocycles. The largest absolute Gasteiger partial charge is 0.493 e. The number of ether oxygens (including phenoxy) is 3. The lowest BCUT2D eigenvalue weighted by Gasteiger charge is -2.16. The summed E-state index contributed by atoms with van der Waals surface area (Å²) in [4.78, 5) is 10.8. The molecule has 0 aliphatic rings. The average Bonchev–Trinajstić information content (AvgIpc) is 2.40. The summed E-state index contributed by atoms with van der Waals surface area (Å²) < 4.78 is 15.7. The maximum atomic E-state index is 10.8. The van der Waals surface area contributed by atoms with Gasteiger partial charge in [0.05, 0.1) is 13.7 Å². The van der Waals surface area contributed by atoms with Crippen molar-refractivity contribution in [3.05, 3.63) is 23.8 Å². The van der Waals surface area contributed by atoms with Crippen LogP contribution in [-0.4, -0.2) is 44.6 Å². The monoisotopic (exact) mass is 269 g/mol. The van der Waals surface area contributed by atoms with Gasteiger partial charge in [0.15, 0.2) is 11.5 Å². The minimum Gasteiger partial charge on any atom is -0.493 e. The van der Waals surface area contributed by atoms with Crippen molar-refractivity contribution in [2.45, 2.75) is 12.5 Å². The second-order valence-corrected chi connectivity index (χ2v) is 3.94.